The average molecular weight is 426 g/mol. The lowest BCUT2D eigenvalue weighted by molar-refractivity contribution is 0.0690. The quantitative estimate of drug-likeness (QED) is 0.221. The van der Waals surface area contributed by atoms with E-state index < -0.39 is 13.1 Å². The summed E-state index contributed by atoms with van der Waals surface area (Å²) in [5.41, 5.74) is 5.90. The third-order valence-corrected chi connectivity index (χ3v) is 7.03. The molecule has 0 bridgehead atoms. The van der Waals surface area contributed by atoms with Gasteiger partial charge in [0.05, 0.1) is 18.0 Å². The Hall–Kier alpha value is -1.96. The van der Waals surface area contributed by atoms with Gasteiger partial charge in [-0.3, -0.25) is 5.41 Å². The van der Waals surface area contributed by atoms with E-state index in [9.17, 15) is 14.9 Å². The number of amidine groups is 1. The number of nitrogens with one attached hydrogen (secondary N) is 1. The Morgan fingerprint density at radius 2 is 2.26 bits per heavy atom. The monoisotopic (exact) mass is 426 g/mol. The van der Waals surface area contributed by atoms with E-state index >= 15 is 0 Å². The molecule has 2 heterocycles. The number of hydrogen-bond acceptors (Lipinski definition) is 10. The topological polar surface area (TPSA) is 152 Å². The number of fused-ring (bicyclic) bond motifs is 1. The molecule has 1 aliphatic heterocycles. The van der Waals surface area contributed by atoms with Crippen LogP contribution in [0.15, 0.2) is 20.8 Å². The maximum atomic E-state index is 11.6. The van der Waals surface area contributed by atoms with Gasteiger partial charge in [-0.15, -0.1) is 10.2 Å². The molecule has 1 atom stereocenters. The first-order valence-corrected chi connectivity index (χ1v) is 10.3. The molecule has 0 unspecified atom stereocenters. The van der Waals surface area contributed by atoms with Gasteiger partial charge in [-0.2, -0.15) is 0 Å². The normalized spacial score (nSPS) is 15.8. The molecule has 142 valence electrons. The number of aromatic nitrogens is 2. The molecule has 1 aromatic heterocycles. The minimum absolute atomic E-state index is 0.0572. The lowest BCUT2D eigenvalue weighted by atomic mass is 9.77. The molecule has 9 nitrogen and oxygen atoms in total. The molecule has 5 N–H and O–H groups in total. The highest BCUT2D eigenvalue weighted by Gasteiger charge is 2.39. The molecular formula is C14H15BN4O5S3. The lowest BCUT2D eigenvalue weighted by Gasteiger charge is -2.27. The van der Waals surface area contributed by atoms with E-state index in [0.717, 1.165) is 0 Å². The smallest absolute Gasteiger partial charge is 0.534 e. The fourth-order valence-corrected chi connectivity index (χ4v) is 5.54. The molecule has 0 amide bonds. The predicted octanol–water partition coefficient (Wildman–Crippen LogP) is 1.39. The SMILES string of the molecule is COc1ccc2c(c1C(=O)O)OB(O)[C@@H](Sc1nnc(SCC(=N)N)s1)C2. The summed E-state index contributed by atoms with van der Waals surface area (Å²) in [4.78, 5) is 11.6. The van der Waals surface area contributed by atoms with Gasteiger partial charge in [-0.05, 0) is 18.1 Å². The van der Waals surface area contributed by atoms with E-state index in [4.69, 9.17) is 20.5 Å². The third-order valence-electron chi connectivity index (χ3n) is 3.60. The zero-order valence-corrected chi connectivity index (χ0v) is 16.5. The van der Waals surface area contributed by atoms with Crippen molar-refractivity contribution < 1.29 is 24.3 Å². The molecule has 1 aliphatic rings. The molecule has 0 radical (unpaired) electrons. The molecule has 0 saturated heterocycles. The van der Waals surface area contributed by atoms with Gasteiger partial charge in [-0.25, -0.2) is 4.79 Å². The summed E-state index contributed by atoms with van der Waals surface area (Å²) < 4.78 is 11.9. The van der Waals surface area contributed by atoms with Crippen LogP contribution in [0.1, 0.15) is 15.9 Å². The molecular weight excluding hydrogens is 411 g/mol. The summed E-state index contributed by atoms with van der Waals surface area (Å²) in [5.74, 6) is -0.487. The highest BCUT2D eigenvalue weighted by Crippen LogP contribution is 2.41. The van der Waals surface area contributed by atoms with Gasteiger partial charge >= 0.3 is 13.1 Å². The highest BCUT2D eigenvalue weighted by atomic mass is 32.2. The first-order valence-electron chi connectivity index (χ1n) is 7.62. The maximum absolute atomic E-state index is 11.6. The van der Waals surface area contributed by atoms with Crippen LogP contribution >= 0.6 is 34.9 Å². The first kappa shape index (κ1) is 19.8. The van der Waals surface area contributed by atoms with Crippen molar-refractivity contribution in [2.45, 2.75) is 20.2 Å². The van der Waals surface area contributed by atoms with Gasteiger partial charge in [-0.1, -0.05) is 40.9 Å². The fourth-order valence-electron chi connectivity index (χ4n) is 2.46. The Bertz CT molecular complexity index is 880. The zero-order chi connectivity index (χ0) is 19.6. The Labute approximate surface area is 167 Å². The van der Waals surface area contributed by atoms with Crippen LogP contribution in [0.25, 0.3) is 0 Å². The van der Waals surface area contributed by atoms with Crippen molar-refractivity contribution >= 4 is 53.8 Å². The minimum atomic E-state index is -1.20. The van der Waals surface area contributed by atoms with Gasteiger partial charge < -0.3 is 25.3 Å². The van der Waals surface area contributed by atoms with E-state index in [1.807, 2.05) is 0 Å². The number of ether oxygens (including phenoxy) is 1. The van der Waals surface area contributed by atoms with Crippen molar-refractivity contribution in [3.05, 3.63) is 23.3 Å². The molecule has 1 aromatic carbocycles. The van der Waals surface area contributed by atoms with E-state index in [1.165, 1.54) is 42.0 Å². The number of nitrogens with zero attached hydrogens (tertiary/aromatic N) is 2. The summed E-state index contributed by atoms with van der Waals surface area (Å²) in [6.07, 6.45) is 0.404. The van der Waals surface area contributed by atoms with Crippen molar-refractivity contribution in [1.82, 2.24) is 10.2 Å². The van der Waals surface area contributed by atoms with E-state index in [1.54, 1.807) is 12.1 Å². The van der Waals surface area contributed by atoms with Crippen LogP contribution in [0.2, 0.25) is 0 Å². The number of carboxylic acid groups (broad SMARTS) is 1. The number of methoxy groups -OCH3 is 1. The fraction of sp³-hybridized carbons (Fsp3) is 0.286. The highest BCUT2D eigenvalue weighted by molar-refractivity contribution is 8.04. The summed E-state index contributed by atoms with van der Waals surface area (Å²) >= 11 is 3.96. The zero-order valence-electron chi connectivity index (χ0n) is 14.0. The molecule has 0 spiro atoms. The molecule has 0 aliphatic carbocycles. The number of rotatable bonds is 7. The Morgan fingerprint density at radius 1 is 1.52 bits per heavy atom. The predicted molar refractivity (Wildman–Crippen MR) is 104 cm³/mol. The van der Waals surface area contributed by atoms with Crippen LogP contribution in [-0.4, -0.2) is 57.3 Å². The van der Waals surface area contributed by atoms with Crippen LogP contribution in [0.5, 0.6) is 11.5 Å². The Kier molecular flexibility index (Phi) is 6.14. The largest absolute Gasteiger partial charge is 0.537 e. The maximum Gasteiger partial charge on any atom is 0.537 e. The standard InChI is InChI=1S/C14H15BN4O5S3/c1-23-7-3-2-6-4-8(15(22)24-11(6)10(7)12(20)21)26-14-19-18-13(27-14)25-5-9(16)17/h2-3,8,22H,4-5H2,1H3,(H3,16,17)(H,20,21)/t8-/m0/s1. The number of carboxylic acids is 1. The van der Waals surface area contributed by atoms with Crippen LogP contribution < -0.4 is 15.1 Å². The number of hydrogen-bond donors (Lipinski definition) is 4. The summed E-state index contributed by atoms with van der Waals surface area (Å²) in [5, 5.41) is 34.8. The van der Waals surface area contributed by atoms with E-state index in [2.05, 4.69) is 10.2 Å². The summed E-state index contributed by atoms with van der Waals surface area (Å²) in [6, 6.07) is 3.31. The third kappa shape index (κ3) is 4.48. The second kappa shape index (κ2) is 8.38. The summed E-state index contributed by atoms with van der Waals surface area (Å²) in [7, 11) is 0.174. The van der Waals surface area contributed by atoms with Crippen molar-refractivity contribution in [2.75, 3.05) is 12.9 Å². The first-order chi connectivity index (χ1) is 12.9. The minimum Gasteiger partial charge on any atom is -0.534 e. The van der Waals surface area contributed by atoms with Gasteiger partial charge in [0.25, 0.3) is 0 Å². The molecule has 0 fully saturated rings. The van der Waals surface area contributed by atoms with E-state index in [-0.39, 0.29) is 28.0 Å². The second-order valence-corrected chi connectivity index (χ2v) is 9.14. The van der Waals surface area contributed by atoms with E-state index in [0.29, 0.717) is 26.4 Å². The molecule has 3 rings (SSSR count). The number of nitrogens with two attached hydrogens (primary N) is 1. The van der Waals surface area contributed by atoms with Crippen LogP contribution in [-0.2, 0) is 6.42 Å². The number of carbonyl (C=O) groups is 1. The van der Waals surface area contributed by atoms with Crippen LogP contribution in [0, 0.1) is 5.41 Å². The average Bonchev–Trinajstić information content (AvgIpc) is 3.07. The molecule has 13 heteroatoms. The van der Waals surface area contributed by atoms with Gasteiger partial charge in [0.1, 0.15) is 22.9 Å². The van der Waals surface area contributed by atoms with Gasteiger partial charge in [0.2, 0.25) is 0 Å². The van der Waals surface area contributed by atoms with Crippen molar-refractivity contribution in [3.63, 3.8) is 0 Å². The van der Waals surface area contributed by atoms with Crippen molar-refractivity contribution in [3.8, 4) is 11.5 Å². The number of aromatic carboxylic acids is 1. The van der Waals surface area contributed by atoms with Crippen LogP contribution in [0.3, 0.4) is 0 Å². The summed E-state index contributed by atoms with van der Waals surface area (Å²) in [6.45, 7) is 0. The molecule has 2 aromatic rings. The number of benzene rings is 1. The Balaban J connectivity index is 1.77. The molecule has 27 heavy (non-hydrogen) atoms. The van der Waals surface area contributed by atoms with Crippen molar-refractivity contribution in [2.24, 2.45) is 5.73 Å². The van der Waals surface area contributed by atoms with Gasteiger partial charge in [0.15, 0.2) is 8.68 Å². The number of thioether (sulfide) groups is 2. The second-order valence-electron chi connectivity index (χ2n) is 5.45. The molecule has 0 saturated carbocycles. The lowest BCUT2D eigenvalue weighted by Crippen LogP contribution is -2.40. The van der Waals surface area contributed by atoms with Crippen molar-refractivity contribution in [1.29, 1.82) is 5.41 Å². The Morgan fingerprint density at radius 3 is 2.93 bits per heavy atom. The van der Waals surface area contributed by atoms with Crippen LogP contribution in [0.4, 0.5) is 0 Å². The van der Waals surface area contributed by atoms with Gasteiger partial charge in [0, 0.05) is 0 Å².